The minimum Gasteiger partial charge on any atom is -0.374 e. The molecule has 0 amide bonds. The van der Waals surface area contributed by atoms with Gasteiger partial charge in [0, 0.05) is 0 Å². The second-order valence-electron chi connectivity index (χ2n) is 6.05. The summed E-state index contributed by atoms with van der Waals surface area (Å²) in [4.78, 5) is 0. The standard InChI is InChI=1S/C16H24F3NO/c1-5-9-20-14(11-21-15(2,3)4)12-7-6-8-13(10-12)16(17,18)19/h6-8,10,14,20H,5,9,11H2,1-4H3. The molecule has 0 aliphatic carbocycles. The van der Waals surface area contributed by atoms with Crippen LogP contribution in [0.4, 0.5) is 13.2 Å². The minimum absolute atomic E-state index is 0.244. The topological polar surface area (TPSA) is 21.3 Å². The Morgan fingerprint density at radius 2 is 1.86 bits per heavy atom. The molecule has 2 nitrogen and oxygen atoms in total. The summed E-state index contributed by atoms with van der Waals surface area (Å²) < 4.78 is 44.1. The second kappa shape index (κ2) is 7.27. The molecule has 0 fully saturated rings. The van der Waals surface area contributed by atoms with Gasteiger partial charge in [0.15, 0.2) is 0 Å². The summed E-state index contributed by atoms with van der Waals surface area (Å²) in [7, 11) is 0. The lowest BCUT2D eigenvalue weighted by Crippen LogP contribution is -2.31. The van der Waals surface area contributed by atoms with Gasteiger partial charge < -0.3 is 10.1 Å². The molecule has 1 unspecified atom stereocenters. The van der Waals surface area contributed by atoms with Gasteiger partial charge in [-0.05, 0) is 51.4 Å². The summed E-state index contributed by atoms with van der Waals surface area (Å²) in [5.41, 5.74) is -0.352. The van der Waals surface area contributed by atoms with Crippen LogP contribution in [0.25, 0.3) is 0 Å². The summed E-state index contributed by atoms with van der Waals surface area (Å²) in [6.07, 6.45) is -3.42. The van der Waals surface area contributed by atoms with Crippen LogP contribution in [0.15, 0.2) is 24.3 Å². The van der Waals surface area contributed by atoms with Crippen molar-refractivity contribution in [1.82, 2.24) is 5.32 Å². The average molecular weight is 303 g/mol. The fourth-order valence-electron chi connectivity index (χ4n) is 1.86. The lowest BCUT2D eigenvalue weighted by molar-refractivity contribution is -0.137. The van der Waals surface area contributed by atoms with Crippen molar-refractivity contribution in [1.29, 1.82) is 0 Å². The number of ether oxygens (including phenoxy) is 1. The number of hydrogen-bond donors (Lipinski definition) is 1. The molecular formula is C16H24F3NO. The fourth-order valence-corrected chi connectivity index (χ4v) is 1.86. The first-order valence-electron chi connectivity index (χ1n) is 7.18. The molecule has 1 N–H and O–H groups in total. The summed E-state index contributed by atoms with van der Waals surface area (Å²) in [5.74, 6) is 0. The van der Waals surface area contributed by atoms with E-state index in [1.54, 1.807) is 6.07 Å². The summed E-state index contributed by atoms with van der Waals surface area (Å²) >= 11 is 0. The SMILES string of the molecule is CCCNC(COC(C)(C)C)c1cccc(C(F)(F)F)c1. The maximum Gasteiger partial charge on any atom is 0.416 e. The number of benzene rings is 1. The van der Waals surface area contributed by atoms with Gasteiger partial charge in [-0.2, -0.15) is 13.2 Å². The van der Waals surface area contributed by atoms with Crippen molar-refractivity contribution < 1.29 is 17.9 Å². The van der Waals surface area contributed by atoms with Gasteiger partial charge >= 0.3 is 6.18 Å². The Morgan fingerprint density at radius 1 is 1.19 bits per heavy atom. The third kappa shape index (κ3) is 6.48. The molecule has 0 saturated carbocycles. The van der Waals surface area contributed by atoms with E-state index in [4.69, 9.17) is 4.74 Å². The van der Waals surface area contributed by atoms with Crippen molar-refractivity contribution in [3.05, 3.63) is 35.4 Å². The van der Waals surface area contributed by atoms with Crippen molar-refractivity contribution in [2.75, 3.05) is 13.2 Å². The van der Waals surface area contributed by atoms with Crippen molar-refractivity contribution in [2.45, 2.75) is 51.9 Å². The van der Waals surface area contributed by atoms with Crippen LogP contribution in [0.3, 0.4) is 0 Å². The van der Waals surface area contributed by atoms with Gasteiger partial charge in [-0.1, -0.05) is 19.1 Å². The van der Waals surface area contributed by atoms with Crippen molar-refractivity contribution in [3.63, 3.8) is 0 Å². The average Bonchev–Trinajstić information content (AvgIpc) is 2.37. The van der Waals surface area contributed by atoms with Crippen LogP contribution in [-0.4, -0.2) is 18.8 Å². The molecule has 1 rings (SSSR count). The van der Waals surface area contributed by atoms with Crippen LogP contribution in [0.2, 0.25) is 0 Å². The Balaban J connectivity index is 2.91. The first kappa shape index (κ1) is 18.0. The van der Waals surface area contributed by atoms with Gasteiger partial charge in [-0.15, -0.1) is 0 Å². The molecule has 0 heterocycles. The summed E-state index contributed by atoms with van der Waals surface area (Å²) in [6.45, 7) is 8.86. The Morgan fingerprint density at radius 3 is 2.38 bits per heavy atom. The molecule has 120 valence electrons. The van der Waals surface area contributed by atoms with E-state index in [9.17, 15) is 13.2 Å². The maximum atomic E-state index is 12.8. The van der Waals surface area contributed by atoms with E-state index in [1.807, 2.05) is 27.7 Å². The Kier molecular flexibility index (Phi) is 6.23. The van der Waals surface area contributed by atoms with E-state index in [1.165, 1.54) is 12.1 Å². The highest BCUT2D eigenvalue weighted by molar-refractivity contribution is 5.28. The van der Waals surface area contributed by atoms with Crippen molar-refractivity contribution >= 4 is 0 Å². The number of rotatable bonds is 6. The van der Waals surface area contributed by atoms with E-state index >= 15 is 0 Å². The largest absolute Gasteiger partial charge is 0.416 e. The third-order valence-electron chi connectivity index (χ3n) is 2.94. The van der Waals surface area contributed by atoms with E-state index in [0.717, 1.165) is 19.0 Å². The molecule has 0 aliphatic heterocycles. The van der Waals surface area contributed by atoms with E-state index in [0.29, 0.717) is 12.2 Å². The first-order valence-corrected chi connectivity index (χ1v) is 7.18. The lowest BCUT2D eigenvalue weighted by atomic mass is 10.0. The molecule has 0 bridgehead atoms. The second-order valence-corrected chi connectivity index (χ2v) is 6.05. The Bertz CT molecular complexity index is 438. The lowest BCUT2D eigenvalue weighted by Gasteiger charge is -2.26. The van der Waals surface area contributed by atoms with Crippen molar-refractivity contribution in [2.24, 2.45) is 0 Å². The fraction of sp³-hybridized carbons (Fsp3) is 0.625. The van der Waals surface area contributed by atoms with Gasteiger partial charge in [0.1, 0.15) is 0 Å². The zero-order valence-corrected chi connectivity index (χ0v) is 13.1. The molecular weight excluding hydrogens is 279 g/mol. The normalized spacial score (nSPS) is 14.2. The minimum atomic E-state index is -4.32. The maximum absolute atomic E-state index is 12.8. The molecule has 0 saturated heterocycles. The molecule has 1 aromatic rings. The molecule has 21 heavy (non-hydrogen) atoms. The van der Waals surface area contributed by atoms with Crippen LogP contribution < -0.4 is 5.32 Å². The third-order valence-corrected chi connectivity index (χ3v) is 2.94. The molecule has 5 heteroatoms. The molecule has 0 spiro atoms. The van der Waals surface area contributed by atoms with Crippen LogP contribution in [0.5, 0.6) is 0 Å². The predicted molar refractivity (Wildman–Crippen MR) is 78.2 cm³/mol. The highest BCUT2D eigenvalue weighted by Crippen LogP contribution is 2.31. The number of hydrogen-bond acceptors (Lipinski definition) is 2. The molecule has 0 aromatic heterocycles. The summed E-state index contributed by atoms with van der Waals surface area (Å²) in [5, 5.41) is 3.24. The zero-order chi connectivity index (χ0) is 16.1. The number of halogens is 3. The number of alkyl halides is 3. The zero-order valence-electron chi connectivity index (χ0n) is 13.1. The first-order chi connectivity index (χ1) is 9.63. The van der Waals surface area contributed by atoms with E-state index in [2.05, 4.69) is 5.32 Å². The smallest absolute Gasteiger partial charge is 0.374 e. The highest BCUT2D eigenvalue weighted by atomic mass is 19.4. The van der Waals surface area contributed by atoms with Crippen LogP contribution >= 0.6 is 0 Å². The summed E-state index contributed by atoms with van der Waals surface area (Å²) in [6, 6.07) is 5.18. The van der Waals surface area contributed by atoms with Crippen molar-refractivity contribution in [3.8, 4) is 0 Å². The monoisotopic (exact) mass is 303 g/mol. The Labute approximate surface area is 124 Å². The molecule has 1 aromatic carbocycles. The molecule has 0 radical (unpaired) electrons. The molecule has 1 atom stereocenters. The Hall–Kier alpha value is -1.07. The van der Waals surface area contributed by atoms with Gasteiger partial charge in [-0.3, -0.25) is 0 Å². The van der Waals surface area contributed by atoms with Crippen LogP contribution in [0.1, 0.15) is 51.3 Å². The quantitative estimate of drug-likeness (QED) is 0.831. The van der Waals surface area contributed by atoms with Gasteiger partial charge in [0.25, 0.3) is 0 Å². The highest BCUT2D eigenvalue weighted by Gasteiger charge is 2.31. The van der Waals surface area contributed by atoms with Crippen LogP contribution in [-0.2, 0) is 10.9 Å². The van der Waals surface area contributed by atoms with E-state index < -0.39 is 11.7 Å². The van der Waals surface area contributed by atoms with E-state index in [-0.39, 0.29) is 11.6 Å². The van der Waals surface area contributed by atoms with Gasteiger partial charge in [0.05, 0.1) is 23.8 Å². The van der Waals surface area contributed by atoms with Gasteiger partial charge in [0.2, 0.25) is 0 Å². The van der Waals surface area contributed by atoms with Crippen LogP contribution in [0, 0.1) is 0 Å². The predicted octanol–water partition coefficient (Wildman–Crippen LogP) is 4.56. The van der Waals surface area contributed by atoms with Gasteiger partial charge in [-0.25, -0.2) is 0 Å². The molecule has 0 aliphatic rings. The number of nitrogens with one attached hydrogen (secondary N) is 1.